The first-order valence-electron chi connectivity index (χ1n) is 11.2. The van der Waals surface area contributed by atoms with Gasteiger partial charge in [-0.2, -0.15) is 0 Å². The minimum atomic E-state index is -2.73. The molecule has 0 heterocycles. The average Bonchev–Trinajstić information content (AvgIpc) is 2.72. The van der Waals surface area contributed by atoms with E-state index in [1.165, 1.54) is 0 Å². The summed E-state index contributed by atoms with van der Waals surface area (Å²) in [7, 11) is -2.73. The fraction of sp³-hybridized carbons (Fsp3) is 0.500. The molecule has 4 nitrogen and oxygen atoms in total. The van der Waals surface area contributed by atoms with Crippen molar-refractivity contribution in [2.24, 2.45) is 17.6 Å². The van der Waals surface area contributed by atoms with Crippen LogP contribution in [0.1, 0.15) is 48.5 Å². The van der Waals surface area contributed by atoms with Crippen molar-refractivity contribution in [2.75, 3.05) is 6.61 Å². The number of ether oxygens (including phenoxy) is 1. The van der Waals surface area contributed by atoms with Crippen molar-refractivity contribution in [1.29, 1.82) is 0 Å². The van der Waals surface area contributed by atoms with Gasteiger partial charge in [-0.25, -0.2) is 0 Å². The maximum absolute atomic E-state index is 12.8. The third-order valence-corrected chi connectivity index (χ3v) is 10.8. The van der Waals surface area contributed by atoms with Gasteiger partial charge >= 0.3 is 5.97 Å². The molecule has 0 spiro atoms. The number of nitrogens with two attached hydrogens (primary N) is 1. The molecule has 2 rings (SSSR count). The molecule has 0 radical (unpaired) electrons. The van der Waals surface area contributed by atoms with E-state index in [4.69, 9.17) is 14.9 Å². The zero-order valence-corrected chi connectivity index (χ0v) is 21.1. The smallest absolute Gasteiger partial charge is 0.325 e. The lowest BCUT2D eigenvalue weighted by molar-refractivity contribution is -0.156. The number of carbonyl (C=O) groups excluding carboxylic acids is 1. The summed E-state index contributed by atoms with van der Waals surface area (Å²) in [6.07, 6.45) is -0.161. The molecule has 0 aliphatic heterocycles. The number of rotatable bonds is 9. The predicted molar refractivity (Wildman–Crippen MR) is 131 cm³/mol. The molecule has 31 heavy (non-hydrogen) atoms. The lowest BCUT2D eigenvalue weighted by Crippen LogP contribution is -2.67. The van der Waals surface area contributed by atoms with Gasteiger partial charge in [0.15, 0.2) is 0 Å². The molecule has 0 bridgehead atoms. The summed E-state index contributed by atoms with van der Waals surface area (Å²) in [5, 5.41) is 2.16. The van der Waals surface area contributed by atoms with Gasteiger partial charge in [0.05, 0.1) is 6.61 Å². The van der Waals surface area contributed by atoms with E-state index in [2.05, 4.69) is 72.7 Å². The zero-order chi connectivity index (χ0) is 23.2. The van der Waals surface area contributed by atoms with Crippen LogP contribution >= 0.6 is 0 Å². The monoisotopic (exact) mass is 441 g/mol. The minimum Gasteiger partial charge on any atom is -0.461 e. The van der Waals surface area contributed by atoms with Gasteiger partial charge in [-0.15, -0.1) is 0 Å². The first kappa shape index (κ1) is 25.3. The first-order chi connectivity index (χ1) is 14.5. The molecule has 0 saturated heterocycles. The third-order valence-electron chi connectivity index (χ3n) is 5.77. The Bertz CT molecular complexity index is 768. The zero-order valence-electron chi connectivity index (χ0n) is 20.1. The lowest BCUT2D eigenvalue weighted by atomic mass is 9.96. The van der Waals surface area contributed by atoms with Crippen LogP contribution in [0.4, 0.5) is 0 Å². The van der Waals surface area contributed by atoms with Crippen LogP contribution in [-0.4, -0.2) is 33.0 Å². The molecular formula is C26H39NO3Si. The molecule has 0 aliphatic carbocycles. The van der Waals surface area contributed by atoms with E-state index >= 15 is 0 Å². The number of esters is 1. The summed E-state index contributed by atoms with van der Waals surface area (Å²) in [6.45, 7) is 15.0. The molecule has 5 heteroatoms. The van der Waals surface area contributed by atoms with Crippen LogP contribution < -0.4 is 16.1 Å². The van der Waals surface area contributed by atoms with Crippen LogP contribution in [0.3, 0.4) is 0 Å². The summed E-state index contributed by atoms with van der Waals surface area (Å²) >= 11 is 0. The normalized spacial score (nSPS) is 13.6. The van der Waals surface area contributed by atoms with Gasteiger partial charge in [-0.3, -0.25) is 4.79 Å². The van der Waals surface area contributed by atoms with Crippen LogP contribution in [0.15, 0.2) is 60.7 Å². The molecule has 0 fully saturated rings. The molecular weight excluding hydrogens is 402 g/mol. The van der Waals surface area contributed by atoms with Crippen LogP contribution in [0.5, 0.6) is 0 Å². The van der Waals surface area contributed by atoms with Gasteiger partial charge in [0.25, 0.3) is 8.32 Å². The second kappa shape index (κ2) is 10.6. The Balaban J connectivity index is 2.36. The summed E-state index contributed by atoms with van der Waals surface area (Å²) in [5.41, 5.74) is 6.30. The third kappa shape index (κ3) is 5.85. The Hall–Kier alpha value is -1.95. The van der Waals surface area contributed by atoms with Crippen molar-refractivity contribution in [3.8, 4) is 0 Å². The Kier molecular flexibility index (Phi) is 8.63. The molecule has 0 aliphatic rings. The lowest BCUT2D eigenvalue weighted by Gasteiger charge is -2.43. The largest absolute Gasteiger partial charge is 0.461 e. The van der Waals surface area contributed by atoms with Gasteiger partial charge < -0.3 is 14.9 Å². The van der Waals surface area contributed by atoms with E-state index in [9.17, 15) is 4.79 Å². The molecule has 0 aromatic heterocycles. The molecule has 1 atom stereocenters. The van der Waals surface area contributed by atoms with Crippen molar-refractivity contribution in [3.05, 3.63) is 60.7 Å². The number of benzene rings is 2. The van der Waals surface area contributed by atoms with Crippen molar-refractivity contribution >= 4 is 24.7 Å². The van der Waals surface area contributed by atoms with Crippen molar-refractivity contribution < 1.29 is 14.0 Å². The van der Waals surface area contributed by atoms with E-state index in [0.717, 1.165) is 10.4 Å². The highest BCUT2D eigenvalue weighted by Crippen LogP contribution is 2.36. The number of carbonyl (C=O) groups is 1. The Morgan fingerprint density at radius 2 is 1.29 bits per heavy atom. The van der Waals surface area contributed by atoms with E-state index < -0.39 is 20.3 Å². The van der Waals surface area contributed by atoms with Crippen LogP contribution in [0, 0.1) is 11.8 Å². The first-order valence-corrected chi connectivity index (χ1v) is 13.1. The standard InChI is InChI=1S/C26H39NO3Si/c1-19(2)24(20(3)4)30-25(28)23(27)18-29-31(26(5,6)7,21-14-10-8-11-15-21)22-16-12-9-13-17-22/h8-17,19-20,23-24H,18,27H2,1-7H3/t23-/m0/s1. The topological polar surface area (TPSA) is 61.5 Å². The van der Waals surface area contributed by atoms with Crippen molar-refractivity contribution in [3.63, 3.8) is 0 Å². The fourth-order valence-corrected chi connectivity index (χ4v) is 8.89. The molecule has 0 unspecified atom stereocenters. The molecule has 0 saturated carbocycles. The molecule has 2 N–H and O–H groups in total. The second-order valence-corrected chi connectivity index (χ2v) is 14.3. The quantitative estimate of drug-likeness (QED) is 0.470. The van der Waals surface area contributed by atoms with Gasteiger partial charge in [-0.05, 0) is 27.2 Å². The maximum Gasteiger partial charge on any atom is 0.325 e. The van der Waals surface area contributed by atoms with Crippen LogP contribution in [-0.2, 0) is 14.0 Å². The summed E-state index contributed by atoms with van der Waals surface area (Å²) in [6, 6.07) is 19.9. The van der Waals surface area contributed by atoms with Gasteiger partial charge in [0.1, 0.15) is 12.1 Å². The number of hydrogen-bond donors (Lipinski definition) is 1. The maximum atomic E-state index is 12.8. The molecule has 0 amide bonds. The van der Waals surface area contributed by atoms with E-state index in [-0.39, 0.29) is 29.6 Å². The number of hydrogen-bond acceptors (Lipinski definition) is 4. The van der Waals surface area contributed by atoms with Gasteiger partial charge in [-0.1, -0.05) is 109 Å². The van der Waals surface area contributed by atoms with Crippen molar-refractivity contribution in [1.82, 2.24) is 0 Å². The Labute approximate surface area is 189 Å². The van der Waals surface area contributed by atoms with Gasteiger partial charge in [0.2, 0.25) is 0 Å². The Morgan fingerprint density at radius 1 is 0.871 bits per heavy atom. The minimum absolute atomic E-state index is 0.120. The second-order valence-electron chi connectivity index (χ2n) is 9.97. The van der Waals surface area contributed by atoms with Gasteiger partial charge in [0, 0.05) is 0 Å². The van der Waals surface area contributed by atoms with E-state index in [1.54, 1.807) is 0 Å². The highest BCUT2D eigenvalue weighted by molar-refractivity contribution is 6.99. The summed E-state index contributed by atoms with van der Waals surface area (Å²) < 4.78 is 12.5. The Morgan fingerprint density at radius 3 is 1.65 bits per heavy atom. The molecule has 170 valence electrons. The predicted octanol–water partition coefficient (Wildman–Crippen LogP) is 4.11. The highest BCUT2D eigenvalue weighted by atomic mass is 28.4. The average molecular weight is 442 g/mol. The molecule has 2 aromatic rings. The van der Waals surface area contributed by atoms with Crippen molar-refractivity contribution in [2.45, 2.75) is 65.7 Å². The fourth-order valence-electron chi connectivity index (χ4n) is 4.31. The van der Waals surface area contributed by atoms with Crippen LogP contribution in [0.25, 0.3) is 0 Å². The summed E-state index contributed by atoms with van der Waals surface area (Å²) in [4.78, 5) is 12.8. The molecule has 2 aromatic carbocycles. The highest BCUT2D eigenvalue weighted by Gasteiger charge is 2.50. The van der Waals surface area contributed by atoms with E-state index in [1.807, 2.05) is 36.4 Å². The van der Waals surface area contributed by atoms with Crippen LogP contribution in [0.2, 0.25) is 5.04 Å². The van der Waals surface area contributed by atoms with E-state index in [0.29, 0.717) is 0 Å². The SMILES string of the molecule is CC(C)C(OC(=O)[C@@H](N)CO[Si](c1ccccc1)(c1ccccc1)C(C)(C)C)C(C)C. The summed E-state index contributed by atoms with van der Waals surface area (Å²) in [5.74, 6) is 0.0628.